The lowest BCUT2D eigenvalue weighted by molar-refractivity contribution is -0.383. The normalized spacial score (nSPS) is 10.2. The molecule has 0 atom stereocenters. The maximum Gasteiger partial charge on any atom is 0.340 e. The summed E-state index contributed by atoms with van der Waals surface area (Å²) >= 11 is 5.61. The van der Waals surface area contributed by atoms with Crippen molar-refractivity contribution in [3.05, 3.63) is 68.7 Å². The average Bonchev–Trinajstić information content (AvgIpc) is 2.56. The minimum atomic E-state index is -1.30. The van der Waals surface area contributed by atoms with Gasteiger partial charge in [-0.3, -0.25) is 14.9 Å². The number of carbonyl (C=O) groups is 2. The van der Waals surface area contributed by atoms with E-state index in [0.29, 0.717) is 12.1 Å². The molecule has 0 aliphatic heterocycles. The fourth-order valence-electron chi connectivity index (χ4n) is 1.81. The number of nitrogens with zero attached hydrogens (tertiary/aromatic N) is 1. The van der Waals surface area contributed by atoms with Gasteiger partial charge >= 0.3 is 5.97 Å². The van der Waals surface area contributed by atoms with Crippen molar-refractivity contribution in [2.24, 2.45) is 0 Å². The molecule has 0 radical (unpaired) electrons. The van der Waals surface area contributed by atoms with Crippen LogP contribution < -0.4 is 5.32 Å². The molecule has 10 heteroatoms. The fraction of sp³-hybridized carbons (Fsp3) is 0.0667. The molecule has 130 valence electrons. The van der Waals surface area contributed by atoms with Gasteiger partial charge in [0.05, 0.1) is 15.5 Å². The van der Waals surface area contributed by atoms with Crippen molar-refractivity contribution in [2.75, 3.05) is 11.9 Å². The van der Waals surface area contributed by atoms with Crippen molar-refractivity contribution in [2.45, 2.75) is 0 Å². The molecule has 2 aromatic rings. The largest absolute Gasteiger partial charge is 0.452 e. The second-order valence-corrected chi connectivity index (χ2v) is 5.05. The molecule has 25 heavy (non-hydrogen) atoms. The standard InChI is InChI=1S/C15H9ClF2N2O5/c16-9-6-11(18)10(17)5-8(9)15(22)25-7-14(21)19-12-3-1-2-4-13(12)20(23)24/h1-6H,7H2,(H,19,21). The first-order valence-corrected chi connectivity index (χ1v) is 7.02. The SMILES string of the molecule is O=C(COC(=O)c1cc(F)c(F)cc1Cl)Nc1ccccc1[N+](=O)[O-]. The van der Waals surface area contributed by atoms with Crippen molar-refractivity contribution < 1.29 is 28.0 Å². The number of anilines is 1. The minimum absolute atomic E-state index is 0.0839. The lowest BCUT2D eigenvalue weighted by atomic mass is 10.2. The molecule has 0 heterocycles. The van der Waals surface area contributed by atoms with Gasteiger partial charge < -0.3 is 10.1 Å². The van der Waals surface area contributed by atoms with Crippen LogP contribution in [-0.2, 0) is 9.53 Å². The summed E-state index contributed by atoms with van der Waals surface area (Å²) in [4.78, 5) is 33.7. The molecule has 2 aromatic carbocycles. The Kier molecular flexibility index (Phi) is 5.60. The van der Waals surface area contributed by atoms with Crippen LogP contribution in [0.4, 0.5) is 20.2 Å². The van der Waals surface area contributed by atoms with E-state index in [2.05, 4.69) is 10.1 Å². The van der Waals surface area contributed by atoms with Gasteiger partial charge in [0.1, 0.15) is 5.69 Å². The predicted molar refractivity (Wildman–Crippen MR) is 83.4 cm³/mol. The Labute approximate surface area is 144 Å². The van der Waals surface area contributed by atoms with Crippen LogP contribution in [-0.4, -0.2) is 23.4 Å². The molecule has 0 fully saturated rings. The number of nitro groups is 1. The van der Waals surface area contributed by atoms with Crippen molar-refractivity contribution in [1.82, 2.24) is 0 Å². The van der Waals surface area contributed by atoms with E-state index in [1.807, 2.05) is 0 Å². The highest BCUT2D eigenvalue weighted by Crippen LogP contribution is 2.23. The number of esters is 1. The molecule has 0 spiro atoms. The van der Waals surface area contributed by atoms with Gasteiger partial charge in [-0.1, -0.05) is 23.7 Å². The van der Waals surface area contributed by atoms with Crippen LogP contribution in [0.25, 0.3) is 0 Å². The van der Waals surface area contributed by atoms with E-state index >= 15 is 0 Å². The molecule has 0 aromatic heterocycles. The van der Waals surface area contributed by atoms with E-state index in [1.54, 1.807) is 0 Å². The van der Waals surface area contributed by atoms with E-state index in [0.717, 1.165) is 0 Å². The summed E-state index contributed by atoms with van der Waals surface area (Å²) in [5.41, 5.74) is -0.885. The lowest BCUT2D eigenvalue weighted by Gasteiger charge is -2.08. The van der Waals surface area contributed by atoms with E-state index in [9.17, 15) is 28.5 Å². The number of ether oxygens (including phenoxy) is 1. The fourth-order valence-corrected chi connectivity index (χ4v) is 2.04. The Balaban J connectivity index is 2.02. The lowest BCUT2D eigenvalue weighted by Crippen LogP contribution is -2.21. The smallest absolute Gasteiger partial charge is 0.340 e. The maximum absolute atomic E-state index is 13.1. The molecular weight excluding hydrogens is 362 g/mol. The zero-order valence-corrected chi connectivity index (χ0v) is 13.0. The van der Waals surface area contributed by atoms with Gasteiger partial charge in [0.2, 0.25) is 0 Å². The zero-order valence-electron chi connectivity index (χ0n) is 12.3. The van der Waals surface area contributed by atoms with Crippen LogP contribution in [0.5, 0.6) is 0 Å². The van der Waals surface area contributed by atoms with Crippen molar-refractivity contribution >= 4 is 34.9 Å². The second-order valence-electron chi connectivity index (χ2n) is 4.64. The van der Waals surface area contributed by atoms with E-state index in [-0.39, 0.29) is 16.4 Å². The highest BCUT2D eigenvalue weighted by atomic mass is 35.5. The van der Waals surface area contributed by atoms with Crippen LogP contribution in [0.2, 0.25) is 5.02 Å². The van der Waals surface area contributed by atoms with Gasteiger partial charge in [0.15, 0.2) is 18.2 Å². The van der Waals surface area contributed by atoms with Crippen molar-refractivity contribution in [3.8, 4) is 0 Å². The van der Waals surface area contributed by atoms with Gasteiger partial charge in [-0.25, -0.2) is 13.6 Å². The Bertz CT molecular complexity index is 860. The average molecular weight is 371 g/mol. The van der Waals surface area contributed by atoms with E-state index in [1.165, 1.54) is 24.3 Å². The molecule has 2 rings (SSSR count). The Morgan fingerprint density at radius 1 is 1.20 bits per heavy atom. The molecular formula is C15H9ClF2N2O5. The third-order valence-electron chi connectivity index (χ3n) is 2.94. The maximum atomic E-state index is 13.1. The van der Waals surface area contributed by atoms with Crippen molar-refractivity contribution in [1.29, 1.82) is 0 Å². The summed E-state index contributed by atoms with van der Waals surface area (Å²) in [6, 6.07) is 6.50. The highest BCUT2D eigenvalue weighted by Gasteiger charge is 2.19. The third-order valence-corrected chi connectivity index (χ3v) is 3.25. The molecule has 0 saturated carbocycles. The summed E-state index contributed by atoms with van der Waals surface area (Å²) in [5, 5.41) is 12.7. The number of hydrogen-bond acceptors (Lipinski definition) is 5. The first-order valence-electron chi connectivity index (χ1n) is 6.64. The van der Waals surface area contributed by atoms with Crippen LogP contribution in [0.1, 0.15) is 10.4 Å². The zero-order chi connectivity index (χ0) is 18.6. The topological polar surface area (TPSA) is 98.5 Å². The molecule has 1 N–H and O–H groups in total. The van der Waals surface area contributed by atoms with Crippen LogP contribution in [0.3, 0.4) is 0 Å². The summed E-state index contributed by atoms with van der Waals surface area (Å²) in [6.45, 7) is -0.805. The first kappa shape index (κ1) is 18.3. The predicted octanol–water partition coefficient (Wildman–Crippen LogP) is 3.32. The summed E-state index contributed by atoms with van der Waals surface area (Å²) < 4.78 is 30.7. The number of hydrogen-bond donors (Lipinski definition) is 1. The van der Waals surface area contributed by atoms with Gasteiger partial charge in [0, 0.05) is 6.07 Å². The quantitative estimate of drug-likeness (QED) is 0.377. The Morgan fingerprint density at radius 2 is 1.84 bits per heavy atom. The second kappa shape index (κ2) is 7.67. The molecule has 0 unspecified atom stereocenters. The molecule has 0 aliphatic carbocycles. The molecule has 1 amide bonds. The number of para-hydroxylation sites is 2. The van der Waals surface area contributed by atoms with Gasteiger partial charge in [-0.05, 0) is 18.2 Å². The van der Waals surface area contributed by atoms with Crippen LogP contribution >= 0.6 is 11.6 Å². The Morgan fingerprint density at radius 3 is 2.52 bits per heavy atom. The Hall–Kier alpha value is -3.07. The summed E-state index contributed by atoms with van der Waals surface area (Å²) in [6.07, 6.45) is 0. The van der Waals surface area contributed by atoms with Gasteiger partial charge in [0.25, 0.3) is 11.6 Å². The van der Waals surface area contributed by atoms with Crippen LogP contribution in [0, 0.1) is 21.7 Å². The molecule has 0 aliphatic rings. The molecule has 0 bridgehead atoms. The monoisotopic (exact) mass is 370 g/mol. The number of rotatable bonds is 5. The number of benzene rings is 2. The van der Waals surface area contributed by atoms with E-state index < -0.39 is 40.6 Å². The minimum Gasteiger partial charge on any atom is -0.452 e. The number of halogens is 3. The molecule has 0 saturated heterocycles. The molecule has 7 nitrogen and oxygen atoms in total. The first-order chi connectivity index (χ1) is 11.8. The van der Waals surface area contributed by atoms with Gasteiger partial charge in [-0.2, -0.15) is 0 Å². The number of amides is 1. The van der Waals surface area contributed by atoms with E-state index in [4.69, 9.17) is 11.6 Å². The number of nitro benzene ring substituents is 1. The number of carbonyl (C=O) groups excluding carboxylic acids is 2. The summed E-state index contributed by atoms with van der Waals surface area (Å²) in [7, 11) is 0. The number of nitrogens with one attached hydrogen (secondary N) is 1. The summed E-state index contributed by atoms with van der Waals surface area (Å²) in [5.74, 6) is -4.56. The van der Waals surface area contributed by atoms with Crippen LogP contribution in [0.15, 0.2) is 36.4 Å². The van der Waals surface area contributed by atoms with Crippen molar-refractivity contribution in [3.63, 3.8) is 0 Å². The van der Waals surface area contributed by atoms with Gasteiger partial charge in [-0.15, -0.1) is 0 Å². The highest BCUT2D eigenvalue weighted by molar-refractivity contribution is 6.33. The third kappa shape index (κ3) is 4.48.